The number of rotatable bonds is 5. The van der Waals surface area contributed by atoms with Crippen LogP contribution in [-0.4, -0.2) is 60.7 Å². The predicted molar refractivity (Wildman–Crippen MR) is 103 cm³/mol. The third-order valence-corrected chi connectivity index (χ3v) is 5.76. The molecule has 2 saturated heterocycles. The molecule has 140 valence electrons. The summed E-state index contributed by atoms with van der Waals surface area (Å²) in [6.07, 6.45) is 3.65. The molecule has 0 saturated carbocycles. The number of halogens is 1. The van der Waals surface area contributed by atoms with Crippen molar-refractivity contribution in [1.29, 1.82) is 0 Å². The maximum absolute atomic E-state index is 6.29. The van der Waals surface area contributed by atoms with E-state index in [1.165, 1.54) is 5.69 Å². The standard InChI is InChI=1S/C20H26ClN3O2/c21-18-4-2-1-3-17(18)20-13-19(22-23-20)15-5-8-24(9-6-15)10-7-16-14-25-11-12-26-16/h1-4,13,15-16H,5-12,14H2,(H,22,23). The molecule has 2 aliphatic rings. The summed E-state index contributed by atoms with van der Waals surface area (Å²) >= 11 is 6.29. The van der Waals surface area contributed by atoms with Gasteiger partial charge in [-0.25, -0.2) is 0 Å². The van der Waals surface area contributed by atoms with Crippen LogP contribution in [0, 0.1) is 0 Å². The minimum absolute atomic E-state index is 0.271. The number of aromatic nitrogens is 2. The molecule has 0 radical (unpaired) electrons. The minimum atomic E-state index is 0.271. The van der Waals surface area contributed by atoms with E-state index in [1.807, 2.05) is 24.3 Å². The second-order valence-corrected chi connectivity index (χ2v) is 7.57. The molecule has 0 aliphatic carbocycles. The van der Waals surface area contributed by atoms with E-state index in [0.717, 1.165) is 75.0 Å². The van der Waals surface area contributed by atoms with Gasteiger partial charge in [0.1, 0.15) is 0 Å². The van der Waals surface area contributed by atoms with Crippen molar-refractivity contribution >= 4 is 11.6 Å². The molecule has 2 aliphatic heterocycles. The van der Waals surface area contributed by atoms with Gasteiger partial charge in [0.05, 0.1) is 36.6 Å². The van der Waals surface area contributed by atoms with E-state index in [-0.39, 0.29) is 6.10 Å². The van der Waals surface area contributed by atoms with Crippen LogP contribution in [0.2, 0.25) is 5.02 Å². The summed E-state index contributed by atoms with van der Waals surface area (Å²) in [5.41, 5.74) is 3.15. The summed E-state index contributed by atoms with van der Waals surface area (Å²) < 4.78 is 11.2. The molecule has 2 aromatic rings. The smallest absolute Gasteiger partial charge is 0.0938 e. The first-order valence-electron chi connectivity index (χ1n) is 9.51. The number of hydrogen-bond acceptors (Lipinski definition) is 4. The topological polar surface area (TPSA) is 50.4 Å². The van der Waals surface area contributed by atoms with Crippen molar-refractivity contribution in [3.05, 3.63) is 41.0 Å². The van der Waals surface area contributed by atoms with E-state index in [4.69, 9.17) is 21.1 Å². The summed E-state index contributed by atoms with van der Waals surface area (Å²) in [5, 5.41) is 8.47. The molecule has 0 spiro atoms. The lowest BCUT2D eigenvalue weighted by Crippen LogP contribution is -2.37. The second-order valence-electron chi connectivity index (χ2n) is 7.16. The van der Waals surface area contributed by atoms with Gasteiger partial charge in [0, 0.05) is 23.7 Å². The van der Waals surface area contributed by atoms with Gasteiger partial charge >= 0.3 is 0 Å². The van der Waals surface area contributed by atoms with Crippen molar-refractivity contribution in [1.82, 2.24) is 15.1 Å². The Kier molecular flexibility index (Phi) is 5.90. The molecule has 1 N–H and O–H groups in total. The molecule has 1 atom stereocenters. The molecule has 5 nitrogen and oxygen atoms in total. The Morgan fingerprint density at radius 2 is 2.04 bits per heavy atom. The quantitative estimate of drug-likeness (QED) is 0.865. The zero-order chi connectivity index (χ0) is 17.8. The Bertz CT molecular complexity index is 707. The number of likely N-dealkylation sites (tertiary alicyclic amines) is 1. The number of H-pyrrole nitrogens is 1. The predicted octanol–water partition coefficient (Wildman–Crippen LogP) is 3.72. The molecule has 4 rings (SSSR count). The molecule has 1 aromatic carbocycles. The summed E-state index contributed by atoms with van der Waals surface area (Å²) in [6.45, 7) is 5.56. The first kappa shape index (κ1) is 18.0. The second kappa shape index (κ2) is 8.53. The summed E-state index contributed by atoms with van der Waals surface area (Å²) in [7, 11) is 0. The van der Waals surface area contributed by atoms with E-state index >= 15 is 0 Å². The Morgan fingerprint density at radius 1 is 1.19 bits per heavy atom. The molecular formula is C20H26ClN3O2. The average molecular weight is 376 g/mol. The monoisotopic (exact) mass is 375 g/mol. The van der Waals surface area contributed by atoms with Gasteiger partial charge in [0.15, 0.2) is 0 Å². The average Bonchev–Trinajstić information content (AvgIpc) is 3.18. The Balaban J connectivity index is 1.29. The van der Waals surface area contributed by atoms with Gasteiger partial charge in [0.2, 0.25) is 0 Å². The fourth-order valence-corrected chi connectivity index (χ4v) is 4.08. The Morgan fingerprint density at radius 3 is 2.81 bits per heavy atom. The molecule has 26 heavy (non-hydrogen) atoms. The number of nitrogens with one attached hydrogen (secondary N) is 1. The van der Waals surface area contributed by atoms with Crippen molar-refractivity contribution < 1.29 is 9.47 Å². The Hall–Kier alpha value is -1.40. The van der Waals surface area contributed by atoms with E-state index in [9.17, 15) is 0 Å². The highest BCUT2D eigenvalue weighted by Gasteiger charge is 2.24. The van der Waals surface area contributed by atoms with Crippen LogP contribution in [0.4, 0.5) is 0 Å². The molecule has 0 amide bonds. The maximum Gasteiger partial charge on any atom is 0.0938 e. The zero-order valence-corrected chi connectivity index (χ0v) is 15.8. The molecule has 1 aromatic heterocycles. The van der Waals surface area contributed by atoms with Gasteiger partial charge in [-0.1, -0.05) is 29.8 Å². The highest BCUT2D eigenvalue weighted by Crippen LogP contribution is 2.31. The first-order valence-corrected chi connectivity index (χ1v) is 9.89. The van der Waals surface area contributed by atoms with Gasteiger partial charge in [-0.3, -0.25) is 5.10 Å². The molecule has 1 unspecified atom stereocenters. The number of hydrogen-bond donors (Lipinski definition) is 1. The lowest BCUT2D eigenvalue weighted by Gasteiger charge is -2.33. The lowest BCUT2D eigenvalue weighted by atomic mass is 9.93. The normalized spacial score (nSPS) is 22.6. The zero-order valence-electron chi connectivity index (χ0n) is 15.0. The van der Waals surface area contributed by atoms with Crippen LogP contribution >= 0.6 is 11.6 Å². The van der Waals surface area contributed by atoms with Crippen molar-refractivity contribution in [2.45, 2.75) is 31.3 Å². The van der Waals surface area contributed by atoms with E-state index in [0.29, 0.717) is 5.92 Å². The largest absolute Gasteiger partial charge is 0.376 e. The van der Waals surface area contributed by atoms with Crippen LogP contribution in [-0.2, 0) is 9.47 Å². The van der Waals surface area contributed by atoms with Crippen LogP contribution < -0.4 is 0 Å². The SMILES string of the molecule is Clc1ccccc1-c1cc(C2CCN(CCC3COCCO3)CC2)[nH]n1. The molecule has 6 heteroatoms. The van der Waals surface area contributed by atoms with Crippen LogP contribution in [0.25, 0.3) is 11.3 Å². The molecule has 3 heterocycles. The fourth-order valence-electron chi connectivity index (χ4n) is 3.85. The number of nitrogens with zero attached hydrogens (tertiary/aromatic N) is 2. The lowest BCUT2D eigenvalue weighted by molar-refractivity contribution is -0.0930. The molecule has 2 fully saturated rings. The summed E-state index contributed by atoms with van der Waals surface area (Å²) in [5.74, 6) is 0.546. The highest BCUT2D eigenvalue weighted by atomic mass is 35.5. The van der Waals surface area contributed by atoms with Crippen LogP contribution in [0.3, 0.4) is 0 Å². The van der Waals surface area contributed by atoms with E-state index in [2.05, 4.69) is 21.2 Å². The van der Waals surface area contributed by atoms with Crippen LogP contribution in [0.5, 0.6) is 0 Å². The van der Waals surface area contributed by atoms with Gasteiger partial charge in [-0.15, -0.1) is 0 Å². The van der Waals surface area contributed by atoms with Crippen molar-refractivity contribution in [3.8, 4) is 11.3 Å². The third-order valence-electron chi connectivity index (χ3n) is 5.43. The fraction of sp³-hybridized carbons (Fsp3) is 0.550. The summed E-state index contributed by atoms with van der Waals surface area (Å²) in [6, 6.07) is 10.0. The van der Waals surface area contributed by atoms with Crippen LogP contribution in [0.1, 0.15) is 30.9 Å². The number of aromatic amines is 1. The minimum Gasteiger partial charge on any atom is -0.376 e. The van der Waals surface area contributed by atoms with E-state index < -0.39 is 0 Å². The molecular weight excluding hydrogens is 350 g/mol. The van der Waals surface area contributed by atoms with Crippen LogP contribution in [0.15, 0.2) is 30.3 Å². The van der Waals surface area contributed by atoms with Gasteiger partial charge in [-0.05, 0) is 44.5 Å². The Labute approximate surface area is 159 Å². The van der Waals surface area contributed by atoms with Crippen molar-refractivity contribution in [2.75, 3.05) is 39.5 Å². The maximum atomic E-state index is 6.29. The third kappa shape index (κ3) is 4.29. The van der Waals surface area contributed by atoms with E-state index in [1.54, 1.807) is 0 Å². The van der Waals surface area contributed by atoms with Gasteiger partial charge in [0.25, 0.3) is 0 Å². The van der Waals surface area contributed by atoms with Crippen molar-refractivity contribution in [3.63, 3.8) is 0 Å². The first-order chi connectivity index (χ1) is 12.8. The van der Waals surface area contributed by atoms with Gasteiger partial charge in [-0.2, -0.15) is 5.10 Å². The number of ether oxygens (including phenoxy) is 2. The van der Waals surface area contributed by atoms with Gasteiger partial charge < -0.3 is 14.4 Å². The number of benzene rings is 1. The van der Waals surface area contributed by atoms with Crippen molar-refractivity contribution in [2.24, 2.45) is 0 Å². The number of piperidine rings is 1. The molecule has 0 bridgehead atoms. The summed E-state index contributed by atoms with van der Waals surface area (Å²) in [4.78, 5) is 2.54. The highest BCUT2D eigenvalue weighted by molar-refractivity contribution is 6.33.